The van der Waals surface area contributed by atoms with Crippen molar-refractivity contribution in [1.29, 1.82) is 0 Å². The van der Waals surface area contributed by atoms with Crippen LogP contribution < -0.4 is 5.69 Å². The smallest absolute Gasteiger partial charge is 0.361 e. The molecule has 0 aromatic carbocycles. The van der Waals surface area contributed by atoms with E-state index < -0.39 is 11.7 Å². The summed E-state index contributed by atoms with van der Waals surface area (Å²) >= 11 is 0. The third kappa shape index (κ3) is 1.28. The Kier molecular flexibility index (Phi) is 1.99. The van der Waals surface area contributed by atoms with Crippen LogP contribution in [0, 0.1) is 11.3 Å². The molecular formula is C12H13N5O3. The molecule has 2 bridgehead atoms. The minimum Gasteiger partial charge on any atom is -0.457 e. The summed E-state index contributed by atoms with van der Waals surface area (Å²) in [5, 5.41) is 7.49. The lowest BCUT2D eigenvalue weighted by Gasteiger charge is -2.65. The molecule has 2 aromatic rings. The maximum atomic E-state index is 12.2. The van der Waals surface area contributed by atoms with Crippen molar-refractivity contribution in [3.8, 4) is 0 Å². The second-order valence-corrected chi connectivity index (χ2v) is 5.93. The average Bonchev–Trinajstić information content (AvgIpc) is 2.82. The van der Waals surface area contributed by atoms with Crippen molar-refractivity contribution in [3.05, 3.63) is 22.5 Å². The van der Waals surface area contributed by atoms with Crippen LogP contribution in [0.15, 0.2) is 11.1 Å². The number of ether oxygens (including phenoxy) is 1. The van der Waals surface area contributed by atoms with Gasteiger partial charge < -0.3 is 4.74 Å². The van der Waals surface area contributed by atoms with Gasteiger partial charge in [-0.15, -0.1) is 5.10 Å². The first kappa shape index (κ1) is 11.6. The molecule has 0 radical (unpaired) electrons. The Morgan fingerprint density at radius 2 is 2.25 bits per heavy atom. The van der Waals surface area contributed by atoms with Gasteiger partial charge in [-0.25, -0.2) is 19.0 Å². The summed E-state index contributed by atoms with van der Waals surface area (Å²) in [6.45, 7) is 2.12. The lowest BCUT2D eigenvalue weighted by Crippen LogP contribution is -2.65. The number of hydrogen-bond acceptors (Lipinski definition) is 6. The normalized spacial score (nSPS) is 30.7. The molecule has 3 aliphatic rings. The van der Waals surface area contributed by atoms with Gasteiger partial charge in [0.2, 0.25) is 0 Å². The van der Waals surface area contributed by atoms with E-state index in [2.05, 4.69) is 22.2 Å². The number of hydrogen-bond donors (Lipinski definition) is 0. The van der Waals surface area contributed by atoms with Crippen LogP contribution in [0.5, 0.6) is 0 Å². The van der Waals surface area contributed by atoms with E-state index in [1.54, 1.807) is 0 Å². The highest BCUT2D eigenvalue weighted by Crippen LogP contribution is 2.65. The van der Waals surface area contributed by atoms with E-state index in [-0.39, 0.29) is 22.9 Å². The van der Waals surface area contributed by atoms with E-state index in [0.717, 1.165) is 17.5 Å². The standard InChI is InChI=1S/C12H13N5O3/c1-12-3-6(4-12)8(12)20-10(18)7-9-14-15-16(2)11(19)17(9)5-13-7/h5-6,8H,3-4H2,1-2H3. The largest absolute Gasteiger partial charge is 0.457 e. The fraction of sp³-hybridized carbons (Fsp3) is 0.583. The van der Waals surface area contributed by atoms with E-state index in [4.69, 9.17) is 4.74 Å². The van der Waals surface area contributed by atoms with E-state index in [0.29, 0.717) is 5.92 Å². The fourth-order valence-corrected chi connectivity index (χ4v) is 3.27. The number of esters is 1. The molecule has 8 nitrogen and oxygen atoms in total. The summed E-state index contributed by atoms with van der Waals surface area (Å²) in [7, 11) is 1.48. The zero-order valence-electron chi connectivity index (χ0n) is 11.1. The van der Waals surface area contributed by atoms with Crippen LogP contribution in [-0.4, -0.2) is 36.5 Å². The fourth-order valence-electron chi connectivity index (χ4n) is 3.27. The van der Waals surface area contributed by atoms with Crippen molar-refractivity contribution in [2.45, 2.75) is 25.9 Å². The second kappa shape index (κ2) is 3.44. The second-order valence-electron chi connectivity index (χ2n) is 5.93. The number of aryl methyl sites for hydroxylation is 1. The Balaban J connectivity index is 1.67. The number of aromatic nitrogens is 5. The molecule has 1 unspecified atom stereocenters. The minimum atomic E-state index is -0.532. The van der Waals surface area contributed by atoms with Crippen molar-refractivity contribution in [3.63, 3.8) is 0 Å². The van der Waals surface area contributed by atoms with Crippen molar-refractivity contribution >= 4 is 11.6 Å². The van der Waals surface area contributed by atoms with Crippen molar-refractivity contribution in [2.75, 3.05) is 0 Å². The molecule has 104 valence electrons. The quantitative estimate of drug-likeness (QED) is 0.704. The Morgan fingerprint density at radius 1 is 1.50 bits per heavy atom. The maximum Gasteiger partial charge on any atom is 0.361 e. The molecule has 0 spiro atoms. The van der Waals surface area contributed by atoms with E-state index >= 15 is 0 Å². The molecule has 3 aliphatic carbocycles. The van der Waals surface area contributed by atoms with Crippen LogP contribution >= 0.6 is 0 Å². The predicted molar refractivity (Wildman–Crippen MR) is 66.1 cm³/mol. The van der Waals surface area contributed by atoms with Gasteiger partial charge in [-0.05, 0) is 18.8 Å². The average molecular weight is 275 g/mol. The molecule has 0 aliphatic heterocycles. The van der Waals surface area contributed by atoms with Crippen LogP contribution in [0.2, 0.25) is 0 Å². The zero-order valence-corrected chi connectivity index (χ0v) is 11.1. The number of fused-ring (bicyclic) bond motifs is 1. The van der Waals surface area contributed by atoms with Gasteiger partial charge in [0.25, 0.3) is 0 Å². The highest BCUT2D eigenvalue weighted by Gasteiger charge is 2.64. The molecule has 2 heterocycles. The SMILES string of the molecule is Cn1nnc2c(C(=O)OC3C4CC3(C)C4)ncn2c1=O. The molecule has 20 heavy (non-hydrogen) atoms. The monoisotopic (exact) mass is 275 g/mol. The number of imidazole rings is 1. The number of carbonyl (C=O) groups excluding carboxylic acids is 1. The first-order valence-electron chi connectivity index (χ1n) is 6.48. The highest BCUT2D eigenvalue weighted by molar-refractivity contribution is 5.93. The maximum absolute atomic E-state index is 12.2. The van der Waals surface area contributed by atoms with Gasteiger partial charge >= 0.3 is 11.7 Å². The molecule has 0 amide bonds. The molecule has 0 N–H and O–H groups in total. The lowest BCUT2D eigenvalue weighted by atomic mass is 9.43. The molecular weight excluding hydrogens is 262 g/mol. The van der Waals surface area contributed by atoms with Gasteiger partial charge in [-0.2, -0.15) is 4.68 Å². The first-order chi connectivity index (χ1) is 9.49. The summed E-state index contributed by atoms with van der Waals surface area (Å²) in [5.74, 6) is -0.0486. The van der Waals surface area contributed by atoms with Gasteiger partial charge in [0.15, 0.2) is 11.3 Å². The Bertz CT molecular complexity index is 786. The van der Waals surface area contributed by atoms with Crippen LogP contribution in [0.4, 0.5) is 0 Å². The van der Waals surface area contributed by atoms with Gasteiger partial charge in [0, 0.05) is 12.5 Å². The van der Waals surface area contributed by atoms with E-state index in [1.165, 1.54) is 17.8 Å². The molecule has 1 atom stereocenters. The van der Waals surface area contributed by atoms with Gasteiger partial charge in [-0.3, -0.25) is 0 Å². The molecule has 8 heteroatoms. The molecule has 0 saturated heterocycles. The number of nitrogens with zero attached hydrogens (tertiary/aromatic N) is 5. The third-order valence-corrected chi connectivity index (χ3v) is 4.50. The van der Waals surface area contributed by atoms with Crippen molar-refractivity contribution < 1.29 is 9.53 Å². The topological polar surface area (TPSA) is 91.4 Å². The summed E-state index contributed by atoms with van der Waals surface area (Å²) in [4.78, 5) is 27.9. The zero-order chi connectivity index (χ0) is 14.1. The minimum absolute atomic E-state index is 0.0220. The molecule has 2 aromatic heterocycles. The summed E-state index contributed by atoms with van der Waals surface area (Å²) < 4.78 is 7.75. The van der Waals surface area contributed by atoms with Crippen LogP contribution in [0.3, 0.4) is 0 Å². The Labute approximate surface area is 113 Å². The van der Waals surface area contributed by atoms with Gasteiger partial charge in [-0.1, -0.05) is 12.1 Å². The summed E-state index contributed by atoms with van der Waals surface area (Å²) in [6, 6.07) is 0. The summed E-state index contributed by atoms with van der Waals surface area (Å²) in [6.07, 6.45) is 3.49. The molecule has 3 saturated carbocycles. The molecule has 5 rings (SSSR count). The van der Waals surface area contributed by atoms with Crippen molar-refractivity contribution in [1.82, 2.24) is 24.4 Å². The highest BCUT2D eigenvalue weighted by atomic mass is 16.5. The van der Waals surface area contributed by atoms with Crippen LogP contribution in [0.25, 0.3) is 5.65 Å². The van der Waals surface area contributed by atoms with E-state index in [9.17, 15) is 9.59 Å². The van der Waals surface area contributed by atoms with Crippen LogP contribution in [-0.2, 0) is 11.8 Å². The first-order valence-corrected chi connectivity index (χ1v) is 6.48. The van der Waals surface area contributed by atoms with Crippen LogP contribution in [0.1, 0.15) is 30.3 Å². The summed E-state index contributed by atoms with van der Waals surface area (Å²) in [5.41, 5.74) is -0.0844. The van der Waals surface area contributed by atoms with Crippen molar-refractivity contribution in [2.24, 2.45) is 18.4 Å². The van der Waals surface area contributed by atoms with Gasteiger partial charge in [0.1, 0.15) is 12.4 Å². The van der Waals surface area contributed by atoms with E-state index in [1.807, 2.05) is 0 Å². The van der Waals surface area contributed by atoms with Gasteiger partial charge in [0.05, 0.1) is 0 Å². The predicted octanol–water partition coefficient (Wildman–Crippen LogP) is -0.222. The number of carbonyl (C=O) groups is 1. The lowest BCUT2D eigenvalue weighted by molar-refractivity contribution is -0.225. The molecule has 3 fully saturated rings. The third-order valence-electron chi connectivity index (χ3n) is 4.50. The Hall–Kier alpha value is -2.25. The Morgan fingerprint density at radius 3 is 2.85 bits per heavy atom. The number of rotatable bonds is 2.